The Morgan fingerprint density at radius 3 is 2.03 bits per heavy atom. The van der Waals surface area contributed by atoms with Gasteiger partial charge in [-0.3, -0.25) is 0 Å². The van der Waals surface area contributed by atoms with E-state index >= 15 is 0 Å². The molecule has 2 aliphatic carbocycles. The van der Waals surface area contributed by atoms with E-state index in [0.717, 1.165) is 11.1 Å². The number of likely N-dealkylation sites (tertiary alicyclic amines) is 1. The molecule has 0 radical (unpaired) electrons. The largest absolute Gasteiger partial charge is 0.449 e. The third-order valence-corrected chi connectivity index (χ3v) is 7.57. The molecule has 3 aliphatic rings. The smallest absolute Gasteiger partial charge is 0.410 e. The van der Waals surface area contributed by atoms with Gasteiger partial charge in [-0.1, -0.05) is 48.5 Å². The minimum Gasteiger partial charge on any atom is -0.449 e. The van der Waals surface area contributed by atoms with E-state index in [0.29, 0.717) is 38.8 Å². The lowest BCUT2D eigenvalue weighted by Crippen LogP contribution is -2.60. The van der Waals surface area contributed by atoms with Gasteiger partial charge in [-0.05, 0) is 68.7 Å². The van der Waals surface area contributed by atoms with Crippen LogP contribution in [0.5, 0.6) is 0 Å². The molecule has 0 aromatic heterocycles. The standard InChI is InChI=1S/C28H34N2O5/c1-26(2,3)35-25(32)30-16-14-28(33,15-17-30)27(12-13-27)29-24(31)34-18-23-21-10-6-4-8-19(21)20-9-5-7-11-22(20)23/h4-11,23,33H,12-18H2,1-3H3,(H,29,31). The molecule has 2 N–H and O–H groups in total. The number of hydrogen-bond donors (Lipinski definition) is 2. The van der Waals surface area contributed by atoms with E-state index in [4.69, 9.17) is 9.47 Å². The molecule has 1 heterocycles. The van der Waals surface area contributed by atoms with E-state index < -0.39 is 22.8 Å². The molecule has 1 saturated carbocycles. The number of rotatable bonds is 4. The Kier molecular flexibility index (Phi) is 5.79. The number of benzene rings is 2. The van der Waals surface area contributed by atoms with Gasteiger partial charge >= 0.3 is 12.2 Å². The van der Waals surface area contributed by atoms with Gasteiger partial charge in [0.15, 0.2) is 0 Å². The minimum absolute atomic E-state index is 0.0107. The van der Waals surface area contributed by atoms with Crippen LogP contribution in [0.15, 0.2) is 48.5 Å². The third-order valence-electron chi connectivity index (χ3n) is 7.57. The maximum Gasteiger partial charge on any atom is 0.410 e. The summed E-state index contributed by atoms with van der Waals surface area (Å²) in [7, 11) is 0. The predicted molar refractivity (Wildman–Crippen MR) is 132 cm³/mol. The Labute approximate surface area is 206 Å². The van der Waals surface area contributed by atoms with Crippen molar-refractivity contribution in [2.45, 2.75) is 69.1 Å². The van der Waals surface area contributed by atoms with Crippen LogP contribution in [0.2, 0.25) is 0 Å². The van der Waals surface area contributed by atoms with Crippen molar-refractivity contribution in [3.05, 3.63) is 59.7 Å². The fraction of sp³-hybridized carbons (Fsp3) is 0.500. The van der Waals surface area contributed by atoms with Crippen LogP contribution in [0.3, 0.4) is 0 Å². The van der Waals surface area contributed by atoms with Crippen LogP contribution in [0.1, 0.15) is 63.5 Å². The molecule has 0 unspecified atom stereocenters. The van der Waals surface area contributed by atoms with Gasteiger partial charge in [-0.25, -0.2) is 9.59 Å². The summed E-state index contributed by atoms with van der Waals surface area (Å²) in [6.07, 6.45) is 1.28. The zero-order valence-corrected chi connectivity index (χ0v) is 20.7. The van der Waals surface area contributed by atoms with Crippen molar-refractivity contribution < 1.29 is 24.2 Å². The van der Waals surface area contributed by atoms with Gasteiger partial charge in [0.2, 0.25) is 0 Å². The summed E-state index contributed by atoms with van der Waals surface area (Å²) in [5.74, 6) is -0.0107. The van der Waals surface area contributed by atoms with Crippen molar-refractivity contribution in [1.29, 1.82) is 0 Å². The first-order valence-electron chi connectivity index (χ1n) is 12.4. The number of aliphatic hydroxyl groups is 1. The van der Waals surface area contributed by atoms with E-state index in [1.807, 2.05) is 45.0 Å². The number of ether oxygens (including phenoxy) is 2. The lowest BCUT2D eigenvalue weighted by atomic mass is 9.82. The van der Waals surface area contributed by atoms with Crippen LogP contribution in [0.4, 0.5) is 9.59 Å². The van der Waals surface area contributed by atoms with Gasteiger partial charge in [-0.2, -0.15) is 0 Å². The van der Waals surface area contributed by atoms with Crippen molar-refractivity contribution in [2.24, 2.45) is 0 Å². The number of carbonyl (C=O) groups is 2. The molecule has 2 amide bonds. The van der Waals surface area contributed by atoms with Crippen molar-refractivity contribution in [2.75, 3.05) is 19.7 Å². The number of hydrogen-bond acceptors (Lipinski definition) is 5. The molecule has 0 spiro atoms. The number of nitrogens with one attached hydrogen (secondary N) is 1. The Balaban J connectivity index is 1.19. The Morgan fingerprint density at radius 1 is 0.971 bits per heavy atom. The number of amides is 2. The molecule has 1 saturated heterocycles. The average molecular weight is 479 g/mol. The second-order valence-corrected chi connectivity index (χ2v) is 11.0. The quantitative estimate of drug-likeness (QED) is 0.658. The zero-order valence-electron chi connectivity index (χ0n) is 20.7. The molecule has 7 nitrogen and oxygen atoms in total. The summed E-state index contributed by atoms with van der Waals surface area (Å²) >= 11 is 0. The van der Waals surface area contributed by atoms with Crippen LogP contribution >= 0.6 is 0 Å². The summed E-state index contributed by atoms with van der Waals surface area (Å²) in [5.41, 5.74) is 2.36. The lowest BCUT2D eigenvalue weighted by Gasteiger charge is -2.43. The van der Waals surface area contributed by atoms with Crippen LogP contribution in [0.25, 0.3) is 11.1 Å². The first-order chi connectivity index (χ1) is 16.6. The highest BCUT2D eigenvalue weighted by Gasteiger charge is 2.60. The van der Waals surface area contributed by atoms with Gasteiger partial charge in [0.25, 0.3) is 0 Å². The summed E-state index contributed by atoms with van der Waals surface area (Å²) in [5, 5.41) is 14.4. The summed E-state index contributed by atoms with van der Waals surface area (Å²) in [4.78, 5) is 26.9. The fourth-order valence-corrected chi connectivity index (χ4v) is 5.53. The normalized spacial score (nSPS) is 19.9. The third kappa shape index (κ3) is 4.49. The van der Waals surface area contributed by atoms with Crippen LogP contribution < -0.4 is 5.32 Å². The molecule has 2 aromatic carbocycles. The lowest BCUT2D eigenvalue weighted by molar-refractivity contribution is -0.0620. The van der Waals surface area contributed by atoms with Gasteiger partial charge in [0.1, 0.15) is 12.2 Å². The van der Waals surface area contributed by atoms with E-state index in [1.165, 1.54) is 11.1 Å². The van der Waals surface area contributed by atoms with Gasteiger partial charge in [0.05, 0.1) is 11.1 Å². The maximum atomic E-state index is 12.9. The number of piperidine rings is 1. The Morgan fingerprint density at radius 2 is 1.51 bits per heavy atom. The fourth-order valence-electron chi connectivity index (χ4n) is 5.53. The van der Waals surface area contributed by atoms with Crippen LogP contribution in [-0.2, 0) is 9.47 Å². The molecule has 7 heteroatoms. The van der Waals surface area contributed by atoms with E-state index in [9.17, 15) is 14.7 Å². The van der Waals surface area contributed by atoms with Crippen molar-refractivity contribution >= 4 is 12.2 Å². The molecule has 0 bridgehead atoms. The van der Waals surface area contributed by atoms with Crippen LogP contribution in [0, 0.1) is 0 Å². The number of nitrogens with zero attached hydrogens (tertiary/aromatic N) is 1. The molecule has 1 aliphatic heterocycles. The topological polar surface area (TPSA) is 88.1 Å². The van der Waals surface area contributed by atoms with Crippen molar-refractivity contribution in [3.63, 3.8) is 0 Å². The highest BCUT2D eigenvalue weighted by molar-refractivity contribution is 5.79. The highest BCUT2D eigenvalue weighted by Crippen LogP contribution is 2.50. The van der Waals surface area contributed by atoms with Crippen LogP contribution in [-0.4, -0.2) is 58.6 Å². The predicted octanol–water partition coefficient (Wildman–Crippen LogP) is 4.82. The number of alkyl carbamates (subject to hydrolysis) is 1. The summed E-state index contributed by atoms with van der Waals surface area (Å²) < 4.78 is 11.2. The molecule has 5 rings (SSSR count). The maximum absolute atomic E-state index is 12.9. The zero-order chi connectivity index (χ0) is 24.8. The second kappa shape index (κ2) is 8.55. The first-order valence-corrected chi connectivity index (χ1v) is 12.4. The second-order valence-electron chi connectivity index (χ2n) is 11.0. The van der Waals surface area contributed by atoms with Gasteiger partial charge in [-0.15, -0.1) is 0 Å². The van der Waals surface area contributed by atoms with E-state index in [2.05, 4.69) is 29.6 Å². The number of fused-ring (bicyclic) bond motifs is 3. The molecule has 2 aromatic rings. The molecular formula is C28H34N2O5. The Bertz CT molecular complexity index is 1080. The molecule has 35 heavy (non-hydrogen) atoms. The SMILES string of the molecule is CC(C)(C)OC(=O)N1CCC(O)(C2(NC(=O)OCC3c4ccccc4-c4ccccc43)CC2)CC1. The average Bonchev–Trinajstić information content (AvgIpc) is 3.53. The molecule has 2 fully saturated rings. The highest BCUT2D eigenvalue weighted by atomic mass is 16.6. The van der Waals surface area contributed by atoms with E-state index in [-0.39, 0.29) is 18.6 Å². The molecule has 186 valence electrons. The van der Waals surface area contributed by atoms with Crippen molar-refractivity contribution in [3.8, 4) is 11.1 Å². The molecular weight excluding hydrogens is 444 g/mol. The first kappa shape index (κ1) is 23.7. The number of carbonyl (C=O) groups excluding carboxylic acids is 2. The summed E-state index contributed by atoms with van der Waals surface area (Å²) in [6, 6.07) is 16.5. The monoisotopic (exact) mass is 478 g/mol. The van der Waals surface area contributed by atoms with E-state index in [1.54, 1.807) is 4.90 Å². The van der Waals surface area contributed by atoms with Crippen molar-refractivity contribution in [1.82, 2.24) is 10.2 Å². The molecule has 0 atom stereocenters. The Hall–Kier alpha value is -3.06. The van der Waals surface area contributed by atoms with Gasteiger partial charge < -0.3 is 24.8 Å². The summed E-state index contributed by atoms with van der Waals surface area (Å²) in [6.45, 7) is 6.52. The minimum atomic E-state index is -1.07. The van der Waals surface area contributed by atoms with Gasteiger partial charge in [0, 0.05) is 19.0 Å².